The van der Waals surface area contributed by atoms with E-state index in [2.05, 4.69) is 31.2 Å². The first-order chi connectivity index (χ1) is 10.5. The van der Waals surface area contributed by atoms with Gasteiger partial charge < -0.3 is 10.4 Å². The number of aromatic nitrogens is 2. The number of hydrogen-bond donors (Lipinski definition) is 2. The predicted octanol–water partition coefficient (Wildman–Crippen LogP) is 2.39. The Morgan fingerprint density at radius 3 is 2.55 bits per heavy atom. The second kappa shape index (κ2) is 7.22. The summed E-state index contributed by atoms with van der Waals surface area (Å²) in [6, 6.07) is 9.24. The van der Waals surface area contributed by atoms with Crippen LogP contribution in [0.2, 0.25) is 0 Å². The highest BCUT2D eigenvalue weighted by atomic mass is 16.3. The van der Waals surface area contributed by atoms with Crippen LogP contribution in [-0.4, -0.2) is 20.9 Å². The van der Waals surface area contributed by atoms with Gasteiger partial charge in [-0.05, 0) is 37.5 Å². The quantitative estimate of drug-likeness (QED) is 0.859. The van der Waals surface area contributed by atoms with E-state index in [1.54, 1.807) is 0 Å². The van der Waals surface area contributed by atoms with Gasteiger partial charge in [0.15, 0.2) is 0 Å². The molecule has 5 heteroatoms. The highest BCUT2D eigenvalue weighted by molar-refractivity contribution is 5.35. The Bertz CT molecular complexity index is 677. The first kappa shape index (κ1) is 16.2. The lowest BCUT2D eigenvalue weighted by Crippen LogP contribution is -2.28. The zero-order valence-corrected chi connectivity index (χ0v) is 13.3. The van der Waals surface area contributed by atoms with Crippen LogP contribution in [0.15, 0.2) is 35.1 Å². The summed E-state index contributed by atoms with van der Waals surface area (Å²) in [5, 5.41) is 17.5. The van der Waals surface area contributed by atoms with E-state index >= 15 is 0 Å². The lowest BCUT2D eigenvalue weighted by Gasteiger charge is -2.13. The molecule has 0 saturated carbocycles. The Morgan fingerprint density at radius 2 is 1.95 bits per heavy atom. The van der Waals surface area contributed by atoms with Crippen LogP contribution in [0.3, 0.4) is 0 Å². The van der Waals surface area contributed by atoms with Gasteiger partial charge in [-0.2, -0.15) is 9.78 Å². The molecule has 2 N–H and O–H groups in total. The van der Waals surface area contributed by atoms with Crippen LogP contribution in [0.25, 0.3) is 5.69 Å². The van der Waals surface area contributed by atoms with E-state index in [-0.39, 0.29) is 11.3 Å². The monoisotopic (exact) mass is 301 g/mol. The second-order valence-electron chi connectivity index (χ2n) is 5.44. The topological polar surface area (TPSA) is 67.2 Å². The third-order valence-corrected chi connectivity index (χ3v) is 3.80. The molecule has 0 aliphatic heterocycles. The Labute approximate surface area is 130 Å². The van der Waals surface area contributed by atoms with E-state index in [1.165, 1.54) is 16.3 Å². The maximum atomic E-state index is 12.1. The summed E-state index contributed by atoms with van der Waals surface area (Å²) in [5.74, 6) is -0.0674. The van der Waals surface area contributed by atoms with Crippen molar-refractivity contribution in [3.8, 4) is 11.4 Å². The molecule has 0 fully saturated rings. The van der Waals surface area contributed by atoms with Crippen LogP contribution in [0.5, 0.6) is 5.75 Å². The molecule has 0 bridgehead atoms. The molecule has 0 radical (unpaired) electrons. The van der Waals surface area contributed by atoms with Gasteiger partial charge in [-0.25, -0.2) is 0 Å². The van der Waals surface area contributed by atoms with E-state index < -0.39 is 0 Å². The zero-order valence-electron chi connectivity index (χ0n) is 13.3. The molecule has 2 rings (SSSR count). The number of hydrogen-bond acceptors (Lipinski definition) is 4. The minimum absolute atomic E-state index is 0.0674. The Kier molecular flexibility index (Phi) is 5.33. The molecule has 1 unspecified atom stereocenters. The molecule has 0 aliphatic rings. The number of aromatic hydroxyl groups is 1. The van der Waals surface area contributed by atoms with Crippen molar-refractivity contribution in [3.63, 3.8) is 0 Å². The van der Waals surface area contributed by atoms with Crippen molar-refractivity contribution >= 4 is 0 Å². The van der Waals surface area contributed by atoms with Crippen molar-refractivity contribution in [3.05, 3.63) is 51.9 Å². The lowest BCUT2D eigenvalue weighted by molar-refractivity contribution is 0.443. The van der Waals surface area contributed by atoms with E-state index in [1.807, 2.05) is 24.3 Å². The van der Waals surface area contributed by atoms with Gasteiger partial charge in [0.1, 0.15) is 11.4 Å². The van der Waals surface area contributed by atoms with Crippen LogP contribution in [0.1, 0.15) is 38.4 Å². The first-order valence-corrected chi connectivity index (χ1v) is 7.70. The molecule has 2 aromatic rings. The van der Waals surface area contributed by atoms with Gasteiger partial charge in [0.25, 0.3) is 5.56 Å². The molecule has 22 heavy (non-hydrogen) atoms. The van der Waals surface area contributed by atoms with Gasteiger partial charge in [0, 0.05) is 18.7 Å². The average molecular weight is 301 g/mol. The summed E-state index contributed by atoms with van der Waals surface area (Å²) in [4.78, 5) is 12.1. The van der Waals surface area contributed by atoms with E-state index in [4.69, 9.17) is 0 Å². The number of benzene rings is 1. The Morgan fingerprint density at radius 1 is 1.27 bits per heavy atom. The number of nitrogens with one attached hydrogen (secondary N) is 1. The maximum absolute atomic E-state index is 12.1. The van der Waals surface area contributed by atoms with E-state index in [0.717, 1.165) is 12.8 Å². The normalized spacial score (nSPS) is 12.3. The van der Waals surface area contributed by atoms with Gasteiger partial charge in [0.2, 0.25) is 0 Å². The van der Waals surface area contributed by atoms with Crippen molar-refractivity contribution in [1.82, 2.24) is 15.1 Å². The van der Waals surface area contributed by atoms with Crippen molar-refractivity contribution in [2.24, 2.45) is 0 Å². The van der Waals surface area contributed by atoms with Gasteiger partial charge in [0.05, 0.1) is 5.69 Å². The Balaban J connectivity index is 2.32. The van der Waals surface area contributed by atoms with Crippen LogP contribution in [0.4, 0.5) is 0 Å². The molecule has 1 heterocycles. The summed E-state index contributed by atoms with van der Waals surface area (Å²) in [6.45, 7) is 6.66. The standard InChI is InChI=1S/C17H23N3O2/c1-4-12(3)18-11-15-16(21)10-17(22)20(19-15)14-8-6-13(5-2)7-9-14/h6-10,12,18,21H,4-5,11H2,1-3H3. The fourth-order valence-corrected chi connectivity index (χ4v) is 2.08. The molecule has 1 atom stereocenters. The van der Waals surface area contributed by atoms with Crippen LogP contribution >= 0.6 is 0 Å². The van der Waals surface area contributed by atoms with Gasteiger partial charge >= 0.3 is 0 Å². The summed E-state index contributed by atoms with van der Waals surface area (Å²) in [6.07, 6.45) is 1.93. The number of aryl methyl sites for hydroxylation is 1. The lowest BCUT2D eigenvalue weighted by atomic mass is 10.1. The summed E-state index contributed by atoms with van der Waals surface area (Å²) in [7, 11) is 0. The number of nitrogens with zero attached hydrogens (tertiary/aromatic N) is 2. The molecule has 0 amide bonds. The van der Waals surface area contributed by atoms with Gasteiger partial charge in [-0.1, -0.05) is 26.0 Å². The third-order valence-electron chi connectivity index (χ3n) is 3.80. The molecule has 5 nitrogen and oxygen atoms in total. The van der Waals surface area contributed by atoms with Crippen LogP contribution in [-0.2, 0) is 13.0 Å². The molecular formula is C17H23N3O2. The molecule has 0 spiro atoms. The van der Waals surface area contributed by atoms with Gasteiger partial charge in [-0.3, -0.25) is 4.79 Å². The maximum Gasteiger partial charge on any atom is 0.275 e. The van der Waals surface area contributed by atoms with Crippen molar-refractivity contribution in [1.29, 1.82) is 0 Å². The first-order valence-electron chi connectivity index (χ1n) is 7.70. The SMILES string of the molecule is CCc1ccc(-n2nc(CNC(C)CC)c(O)cc2=O)cc1. The van der Waals surface area contributed by atoms with E-state index in [9.17, 15) is 9.90 Å². The average Bonchev–Trinajstić information content (AvgIpc) is 2.54. The highest BCUT2D eigenvalue weighted by Gasteiger charge is 2.10. The fourth-order valence-electron chi connectivity index (χ4n) is 2.08. The van der Waals surface area contributed by atoms with E-state index in [0.29, 0.717) is 24.0 Å². The summed E-state index contributed by atoms with van der Waals surface area (Å²) in [5.41, 5.74) is 2.04. The third kappa shape index (κ3) is 3.74. The number of rotatable bonds is 6. The smallest absolute Gasteiger partial charge is 0.275 e. The summed E-state index contributed by atoms with van der Waals surface area (Å²) >= 11 is 0. The second-order valence-corrected chi connectivity index (χ2v) is 5.44. The molecule has 1 aromatic heterocycles. The molecule has 0 saturated heterocycles. The highest BCUT2D eigenvalue weighted by Crippen LogP contribution is 2.13. The molecule has 0 aliphatic carbocycles. The minimum atomic E-state index is -0.339. The summed E-state index contributed by atoms with van der Waals surface area (Å²) < 4.78 is 1.33. The fraction of sp³-hybridized carbons (Fsp3) is 0.412. The predicted molar refractivity (Wildman–Crippen MR) is 87.5 cm³/mol. The largest absolute Gasteiger partial charge is 0.506 e. The molecular weight excluding hydrogens is 278 g/mol. The van der Waals surface area contributed by atoms with Crippen LogP contribution < -0.4 is 10.9 Å². The van der Waals surface area contributed by atoms with Gasteiger partial charge in [-0.15, -0.1) is 0 Å². The van der Waals surface area contributed by atoms with Crippen molar-refractivity contribution < 1.29 is 5.11 Å². The molecule has 118 valence electrons. The Hall–Kier alpha value is -2.14. The molecule has 1 aromatic carbocycles. The minimum Gasteiger partial charge on any atom is -0.506 e. The zero-order chi connectivity index (χ0) is 16.1. The van der Waals surface area contributed by atoms with Crippen LogP contribution in [0, 0.1) is 0 Å². The van der Waals surface area contributed by atoms with Crippen molar-refractivity contribution in [2.75, 3.05) is 0 Å². The van der Waals surface area contributed by atoms with Crippen molar-refractivity contribution in [2.45, 2.75) is 46.2 Å².